The summed E-state index contributed by atoms with van der Waals surface area (Å²) >= 11 is 0. The zero-order valence-corrected chi connectivity index (χ0v) is 12.1. The van der Waals surface area contributed by atoms with E-state index in [-0.39, 0.29) is 23.5 Å². The third kappa shape index (κ3) is 5.22. The van der Waals surface area contributed by atoms with Gasteiger partial charge in [-0.05, 0) is 29.8 Å². The first-order valence-electron chi connectivity index (χ1n) is 6.71. The van der Waals surface area contributed by atoms with Crippen LogP contribution in [0.3, 0.4) is 0 Å². The maximum atomic E-state index is 12.6. The van der Waals surface area contributed by atoms with Crippen LogP contribution in [0.25, 0.3) is 0 Å². The van der Waals surface area contributed by atoms with Crippen molar-refractivity contribution >= 4 is 6.21 Å². The van der Waals surface area contributed by atoms with Crippen molar-refractivity contribution in [2.75, 3.05) is 0 Å². The molecule has 0 aliphatic rings. The van der Waals surface area contributed by atoms with Gasteiger partial charge < -0.3 is 9.57 Å². The predicted octanol–water partition coefficient (Wildman–Crippen LogP) is 4.86. The van der Waals surface area contributed by atoms with Crippen LogP contribution in [0.1, 0.15) is 16.7 Å². The third-order valence-electron chi connectivity index (χ3n) is 2.89. The van der Waals surface area contributed by atoms with Crippen LogP contribution in [0.5, 0.6) is 5.75 Å². The molecule has 0 saturated carbocycles. The fraction of sp³-hybridized carbons (Fsp3) is 0.188. The van der Waals surface area contributed by atoms with E-state index in [2.05, 4.69) is 9.89 Å². The van der Waals surface area contributed by atoms with Gasteiger partial charge in [-0.25, -0.2) is 0 Å². The Bertz CT molecular complexity index is 701. The number of halogens is 5. The highest BCUT2D eigenvalue weighted by Gasteiger charge is 2.30. The van der Waals surface area contributed by atoms with Crippen molar-refractivity contribution in [3.8, 4) is 5.75 Å². The van der Waals surface area contributed by atoms with Gasteiger partial charge in [-0.15, -0.1) is 0 Å². The summed E-state index contributed by atoms with van der Waals surface area (Å²) in [5.41, 5.74) is -0.260. The standard InChI is InChI=1S/C16H12F5NO2/c17-15(18)24-14-7-2-1-5-12(14)9-22-23-10-11-4-3-6-13(8-11)16(19,20)21/h1-9,15H,10H2. The van der Waals surface area contributed by atoms with Crippen molar-refractivity contribution < 1.29 is 31.5 Å². The summed E-state index contributed by atoms with van der Waals surface area (Å²) < 4.78 is 66.6. The molecule has 0 aliphatic carbocycles. The molecule has 0 atom stereocenters. The zero-order valence-electron chi connectivity index (χ0n) is 12.1. The van der Waals surface area contributed by atoms with Gasteiger partial charge in [0.1, 0.15) is 12.4 Å². The molecule has 2 aromatic carbocycles. The second-order valence-electron chi connectivity index (χ2n) is 4.62. The molecule has 2 aromatic rings. The number of nitrogens with zero attached hydrogens (tertiary/aromatic N) is 1. The monoisotopic (exact) mass is 345 g/mol. The van der Waals surface area contributed by atoms with Gasteiger partial charge in [-0.2, -0.15) is 22.0 Å². The molecular formula is C16H12F5NO2. The largest absolute Gasteiger partial charge is 0.434 e. The number of benzene rings is 2. The molecule has 0 radical (unpaired) electrons. The summed E-state index contributed by atoms with van der Waals surface area (Å²) in [4.78, 5) is 4.91. The number of alkyl halides is 5. The van der Waals surface area contributed by atoms with E-state index in [1.807, 2.05) is 0 Å². The van der Waals surface area contributed by atoms with Gasteiger partial charge in [0.15, 0.2) is 0 Å². The molecule has 24 heavy (non-hydrogen) atoms. The van der Waals surface area contributed by atoms with Gasteiger partial charge >= 0.3 is 12.8 Å². The molecule has 0 aromatic heterocycles. The number of ether oxygens (including phenoxy) is 1. The first-order valence-corrected chi connectivity index (χ1v) is 6.71. The number of hydrogen-bond acceptors (Lipinski definition) is 3. The summed E-state index contributed by atoms with van der Waals surface area (Å²) in [5, 5.41) is 3.57. The van der Waals surface area contributed by atoms with Crippen molar-refractivity contribution in [2.24, 2.45) is 5.16 Å². The lowest BCUT2D eigenvalue weighted by Gasteiger charge is -2.08. The van der Waals surface area contributed by atoms with Crippen LogP contribution in [-0.2, 0) is 17.6 Å². The highest BCUT2D eigenvalue weighted by Crippen LogP contribution is 2.29. The fourth-order valence-corrected chi connectivity index (χ4v) is 1.83. The second kappa shape index (κ2) is 7.76. The summed E-state index contributed by atoms with van der Waals surface area (Å²) in [6.45, 7) is -3.18. The number of para-hydroxylation sites is 1. The minimum absolute atomic E-state index is 0.0843. The average Bonchev–Trinajstić information content (AvgIpc) is 2.52. The Morgan fingerprint density at radius 2 is 1.79 bits per heavy atom. The molecule has 0 saturated heterocycles. The van der Waals surface area contributed by atoms with E-state index in [9.17, 15) is 22.0 Å². The van der Waals surface area contributed by atoms with Crippen molar-refractivity contribution in [3.63, 3.8) is 0 Å². The fourth-order valence-electron chi connectivity index (χ4n) is 1.83. The number of rotatable bonds is 6. The molecule has 3 nitrogen and oxygen atoms in total. The highest BCUT2D eigenvalue weighted by atomic mass is 19.4. The van der Waals surface area contributed by atoms with E-state index in [1.54, 1.807) is 6.07 Å². The lowest BCUT2D eigenvalue weighted by atomic mass is 10.1. The van der Waals surface area contributed by atoms with Crippen LogP contribution in [0, 0.1) is 0 Å². The van der Waals surface area contributed by atoms with E-state index >= 15 is 0 Å². The van der Waals surface area contributed by atoms with Crippen LogP contribution in [-0.4, -0.2) is 12.8 Å². The lowest BCUT2D eigenvalue weighted by molar-refractivity contribution is -0.137. The van der Waals surface area contributed by atoms with Crippen LogP contribution in [0.2, 0.25) is 0 Å². The number of oxime groups is 1. The van der Waals surface area contributed by atoms with Crippen LogP contribution < -0.4 is 4.74 Å². The zero-order chi connectivity index (χ0) is 17.6. The van der Waals surface area contributed by atoms with Crippen LogP contribution >= 0.6 is 0 Å². The van der Waals surface area contributed by atoms with Crippen molar-refractivity contribution in [2.45, 2.75) is 19.4 Å². The summed E-state index contributed by atoms with van der Waals surface area (Å²) in [6, 6.07) is 10.5. The molecule has 0 bridgehead atoms. The van der Waals surface area contributed by atoms with E-state index in [0.717, 1.165) is 18.3 Å². The van der Waals surface area contributed by atoms with Gasteiger partial charge in [-0.3, -0.25) is 0 Å². The summed E-state index contributed by atoms with van der Waals surface area (Å²) in [5.74, 6) is -0.0843. The molecule has 0 unspecified atom stereocenters. The molecular weight excluding hydrogens is 333 g/mol. The van der Waals surface area contributed by atoms with E-state index in [1.165, 1.54) is 30.3 Å². The molecule has 0 amide bonds. The number of hydrogen-bond donors (Lipinski definition) is 0. The van der Waals surface area contributed by atoms with Crippen LogP contribution in [0.15, 0.2) is 53.7 Å². The Labute approximate surface area is 134 Å². The van der Waals surface area contributed by atoms with Gasteiger partial charge in [0.2, 0.25) is 0 Å². The maximum Gasteiger partial charge on any atom is 0.416 e. The quantitative estimate of drug-likeness (QED) is 0.425. The molecule has 128 valence electrons. The van der Waals surface area contributed by atoms with Gasteiger partial charge in [-0.1, -0.05) is 29.4 Å². The Balaban J connectivity index is 1.99. The summed E-state index contributed by atoms with van der Waals surface area (Å²) in [7, 11) is 0. The Hall–Kier alpha value is -2.64. The van der Waals surface area contributed by atoms with Crippen LogP contribution in [0.4, 0.5) is 22.0 Å². The molecule has 0 spiro atoms. The molecule has 0 heterocycles. The maximum absolute atomic E-state index is 12.6. The smallest absolute Gasteiger partial charge is 0.416 e. The molecule has 0 N–H and O–H groups in total. The second-order valence-corrected chi connectivity index (χ2v) is 4.62. The van der Waals surface area contributed by atoms with Gasteiger partial charge in [0.05, 0.1) is 11.8 Å². The average molecular weight is 345 g/mol. The Morgan fingerprint density at radius 3 is 2.50 bits per heavy atom. The lowest BCUT2D eigenvalue weighted by Crippen LogP contribution is -2.05. The highest BCUT2D eigenvalue weighted by molar-refractivity contribution is 5.83. The predicted molar refractivity (Wildman–Crippen MR) is 76.9 cm³/mol. The molecule has 8 heteroatoms. The minimum atomic E-state index is -4.44. The summed E-state index contributed by atoms with van der Waals surface area (Å²) in [6.07, 6.45) is -3.30. The first kappa shape index (κ1) is 17.7. The van der Waals surface area contributed by atoms with E-state index in [0.29, 0.717) is 0 Å². The third-order valence-corrected chi connectivity index (χ3v) is 2.89. The Morgan fingerprint density at radius 1 is 1.04 bits per heavy atom. The molecule has 0 fully saturated rings. The van der Waals surface area contributed by atoms with E-state index in [4.69, 9.17) is 4.84 Å². The van der Waals surface area contributed by atoms with E-state index < -0.39 is 18.4 Å². The van der Waals surface area contributed by atoms with Crippen molar-refractivity contribution in [1.82, 2.24) is 0 Å². The van der Waals surface area contributed by atoms with Gasteiger partial charge in [0, 0.05) is 5.56 Å². The van der Waals surface area contributed by atoms with Gasteiger partial charge in [0.25, 0.3) is 0 Å². The topological polar surface area (TPSA) is 30.8 Å². The molecule has 0 aliphatic heterocycles. The minimum Gasteiger partial charge on any atom is -0.434 e. The normalized spacial score (nSPS) is 11.9. The SMILES string of the molecule is FC(F)Oc1ccccc1C=NOCc1cccc(C(F)(F)F)c1. The van der Waals surface area contributed by atoms with Crippen molar-refractivity contribution in [1.29, 1.82) is 0 Å². The Kier molecular flexibility index (Phi) is 5.73. The first-order chi connectivity index (χ1) is 11.4. The van der Waals surface area contributed by atoms with Crippen molar-refractivity contribution in [3.05, 3.63) is 65.2 Å². The molecule has 2 rings (SSSR count).